The first-order valence-corrected chi connectivity index (χ1v) is 9.38. The molecule has 0 aliphatic carbocycles. The molecule has 1 atom stereocenters. The van der Waals surface area contributed by atoms with Gasteiger partial charge in [-0.05, 0) is 43.2 Å². The number of carbonyl (C=O) groups excluding carboxylic acids is 1. The third kappa shape index (κ3) is 6.46. The summed E-state index contributed by atoms with van der Waals surface area (Å²) in [6, 6.07) is 15.5. The molecule has 0 saturated carbocycles. The van der Waals surface area contributed by atoms with Crippen LogP contribution in [0.3, 0.4) is 0 Å². The number of para-hydroxylation sites is 1. The predicted octanol–water partition coefficient (Wildman–Crippen LogP) is 4.47. The maximum Gasteiger partial charge on any atom is 0.230 e. The molecule has 5 heteroatoms. The van der Waals surface area contributed by atoms with Gasteiger partial charge in [0.15, 0.2) is 0 Å². The first-order valence-electron chi connectivity index (χ1n) is 7.84. The molecule has 2 aromatic rings. The smallest absolute Gasteiger partial charge is 0.230 e. The molecule has 0 bridgehead atoms. The van der Waals surface area contributed by atoms with Gasteiger partial charge in [-0.1, -0.05) is 41.9 Å². The summed E-state index contributed by atoms with van der Waals surface area (Å²) in [6.45, 7) is 4.41. The van der Waals surface area contributed by atoms with Crippen molar-refractivity contribution in [2.45, 2.75) is 25.6 Å². The Kier molecular flexibility index (Phi) is 7.47. The summed E-state index contributed by atoms with van der Waals surface area (Å²) in [7, 11) is 0. The second kappa shape index (κ2) is 9.60. The number of rotatable bonds is 8. The molecule has 3 nitrogen and oxygen atoms in total. The maximum atomic E-state index is 12.0. The minimum atomic E-state index is -0.0340. The molecule has 128 valence electrons. The van der Waals surface area contributed by atoms with E-state index in [9.17, 15) is 4.79 Å². The summed E-state index contributed by atoms with van der Waals surface area (Å²) < 4.78 is 5.75. The molecule has 0 aliphatic rings. The van der Waals surface area contributed by atoms with E-state index >= 15 is 0 Å². The molecule has 0 fully saturated rings. The van der Waals surface area contributed by atoms with Gasteiger partial charge in [0.2, 0.25) is 5.91 Å². The number of halogens is 1. The van der Waals surface area contributed by atoms with E-state index in [-0.39, 0.29) is 11.9 Å². The fraction of sp³-hybridized carbons (Fsp3) is 0.316. The molecule has 0 heterocycles. The zero-order valence-corrected chi connectivity index (χ0v) is 15.5. The Bertz CT molecular complexity index is 661. The SMILES string of the molecule is Cc1ccccc1OC[C@@H](C)NC(=O)CSCc1ccc(Cl)cc1. The predicted molar refractivity (Wildman–Crippen MR) is 102 cm³/mol. The summed E-state index contributed by atoms with van der Waals surface area (Å²) in [5, 5.41) is 3.68. The fourth-order valence-corrected chi connectivity index (χ4v) is 3.06. The molecule has 0 radical (unpaired) electrons. The van der Waals surface area contributed by atoms with Crippen molar-refractivity contribution in [2.75, 3.05) is 12.4 Å². The normalized spacial score (nSPS) is 11.8. The molecule has 2 rings (SSSR count). The topological polar surface area (TPSA) is 38.3 Å². The highest BCUT2D eigenvalue weighted by Crippen LogP contribution is 2.17. The first kappa shape index (κ1) is 18.7. The first-order chi connectivity index (χ1) is 11.5. The monoisotopic (exact) mass is 363 g/mol. The van der Waals surface area contributed by atoms with Crippen LogP contribution in [-0.2, 0) is 10.5 Å². The van der Waals surface area contributed by atoms with E-state index < -0.39 is 0 Å². The average molecular weight is 364 g/mol. The molecule has 0 aromatic heterocycles. The van der Waals surface area contributed by atoms with Gasteiger partial charge < -0.3 is 10.1 Å². The van der Waals surface area contributed by atoms with Gasteiger partial charge in [0, 0.05) is 10.8 Å². The number of benzene rings is 2. The lowest BCUT2D eigenvalue weighted by molar-refractivity contribution is -0.119. The highest BCUT2D eigenvalue weighted by atomic mass is 35.5. The van der Waals surface area contributed by atoms with Crippen molar-refractivity contribution < 1.29 is 9.53 Å². The zero-order valence-electron chi connectivity index (χ0n) is 13.9. The van der Waals surface area contributed by atoms with Crippen LogP contribution in [0.4, 0.5) is 0 Å². The van der Waals surface area contributed by atoms with Gasteiger partial charge in [-0.2, -0.15) is 0 Å². The van der Waals surface area contributed by atoms with Crippen molar-refractivity contribution in [3.8, 4) is 5.75 Å². The average Bonchev–Trinajstić information content (AvgIpc) is 2.56. The number of nitrogens with one attached hydrogen (secondary N) is 1. The fourth-order valence-electron chi connectivity index (χ4n) is 2.13. The Morgan fingerprint density at radius 1 is 1.21 bits per heavy atom. The van der Waals surface area contributed by atoms with Gasteiger partial charge in [0.05, 0.1) is 11.8 Å². The molecule has 0 aliphatic heterocycles. The minimum absolute atomic E-state index is 0.0230. The van der Waals surface area contributed by atoms with E-state index in [0.29, 0.717) is 12.4 Å². The van der Waals surface area contributed by atoms with Crippen molar-refractivity contribution in [1.82, 2.24) is 5.32 Å². The number of hydrogen-bond acceptors (Lipinski definition) is 3. The van der Waals surface area contributed by atoms with Gasteiger partial charge >= 0.3 is 0 Å². The van der Waals surface area contributed by atoms with Gasteiger partial charge in [0.1, 0.15) is 12.4 Å². The van der Waals surface area contributed by atoms with Gasteiger partial charge in [-0.15, -0.1) is 11.8 Å². The molecule has 0 saturated heterocycles. The lowest BCUT2D eigenvalue weighted by Crippen LogP contribution is -2.37. The van der Waals surface area contributed by atoms with E-state index in [2.05, 4.69) is 5.32 Å². The number of aryl methyl sites for hydroxylation is 1. The Balaban J connectivity index is 1.66. The quantitative estimate of drug-likeness (QED) is 0.752. The number of hydrogen-bond donors (Lipinski definition) is 1. The lowest BCUT2D eigenvalue weighted by Gasteiger charge is -2.16. The van der Waals surface area contributed by atoms with Crippen LogP contribution in [0.1, 0.15) is 18.1 Å². The Morgan fingerprint density at radius 2 is 1.92 bits per heavy atom. The Labute approximate surface area is 152 Å². The van der Waals surface area contributed by atoms with E-state index in [1.165, 1.54) is 0 Å². The summed E-state index contributed by atoms with van der Waals surface area (Å²) in [5.74, 6) is 2.10. The molecule has 1 amide bonds. The van der Waals surface area contributed by atoms with Crippen LogP contribution in [0.2, 0.25) is 5.02 Å². The molecule has 0 unspecified atom stereocenters. The van der Waals surface area contributed by atoms with Crippen LogP contribution in [0, 0.1) is 6.92 Å². The van der Waals surface area contributed by atoms with Crippen LogP contribution in [0.15, 0.2) is 48.5 Å². The number of ether oxygens (including phenoxy) is 1. The highest BCUT2D eigenvalue weighted by molar-refractivity contribution is 7.99. The van der Waals surface area contributed by atoms with Gasteiger partial charge in [0.25, 0.3) is 0 Å². The number of thioether (sulfide) groups is 1. The largest absolute Gasteiger partial charge is 0.491 e. The van der Waals surface area contributed by atoms with Crippen molar-refractivity contribution in [3.05, 3.63) is 64.7 Å². The molecule has 1 N–H and O–H groups in total. The molecule has 2 aromatic carbocycles. The zero-order chi connectivity index (χ0) is 17.4. The van der Waals surface area contributed by atoms with Crippen LogP contribution in [-0.4, -0.2) is 24.3 Å². The third-order valence-electron chi connectivity index (χ3n) is 3.40. The van der Waals surface area contributed by atoms with Crippen molar-refractivity contribution in [2.24, 2.45) is 0 Å². The Hall–Kier alpha value is -1.65. The third-order valence-corrected chi connectivity index (χ3v) is 4.66. The summed E-state index contributed by atoms with van der Waals surface area (Å²) in [4.78, 5) is 12.0. The van der Waals surface area contributed by atoms with Crippen LogP contribution in [0.5, 0.6) is 5.75 Å². The number of carbonyl (C=O) groups is 1. The van der Waals surface area contributed by atoms with Crippen molar-refractivity contribution >= 4 is 29.3 Å². The second-order valence-corrected chi connectivity index (χ2v) is 7.09. The standard InChI is InChI=1S/C19H22ClNO2S/c1-14-5-3-4-6-18(14)23-11-15(2)21-19(22)13-24-12-16-7-9-17(20)10-8-16/h3-10,15H,11-13H2,1-2H3,(H,21,22)/t15-/m1/s1. The van der Waals surface area contributed by atoms with Crippen LogP contribution >= 0.6 is 23.4 Å². The van der Waals surface area contributed by atoms with E-state index in [1.54, 1.807) is 11.8 Å². The highest BCUT2D eigenvalue weighted by Gasteiger charge is 2.09. The van der Waals surface area contributed by atoms with Crippen molar-refractivity contribution in [3.63, 3.8) is 0 Å². The van der Waals surface area contributed by atoms with E-state index in [0.717, 1.165) is 27.7 Å². The van der Waals surface area contributed by atoms with Crippen LogP contribution in [0.25, 0.3) is 0 Å². The summed E-state index contributed by atoms with van der Waals surface area (Å²) in [6.07, 6.45) is 0. The van der Waals surface area contributed by atoms with Crippen molar-refractivity contribution in [1.29, 1.82) is 0 Å². The van der Waals surface area contributed by atoms with Gasteiger partial charge in [-0.3, -0.25) is 4.79 Å². The second-order valence-electron chi connectivity index (χ2n) is 5.66. The van der Waals surface area contributed by atoms with E-state index in [1.807, 2.05) is 62.4 Å². The van der Waals surface area contributed by atoms with Crippen LogP contribution < -0.4 is 10.1 Å². The summed E-state index contributed by atoms with van der Waals surface area (Å²) >= 11 is 7.44. The van der Waals surface area contributed by atoms with Gasteiger partial charge in [-0.25, -0.2) is 0 Å². The molecular formula is C19H22ClNO2S. The summed E-state index contributed by atoms with van der Waals surface area (Å²) in [5.41, 5.74) is 2.25. The number of amides is 1. The molecule has 0 spiro atoms. The minimum Gasteiger partial charge on any atom is -0.491 e. The van der Waals surface area contributed by atoms with E-state index in [4.69, 9.17) is 16.3 Å². The maximum absolute atomic E-state index is 12.0. The Morgan fingerprint density at radius 3 is 2.62 bits per heavy atom. The molecular weight excluding hydrogens is 342 g/mol. The lowest BCUT2D eigenvalue weighted by atomic mass is 10.2. The molecule has 24 heavy (non-hydrogen) atoms.